The zero-order valence-electron chi connectivity index (χ0n) is 10.1. The van der Waals surface area contributed by atoms with E-state index in [4.69, 9.17) is 0 Å². The Morgan fingerprint density at radius 3 is 2.83 bits per heavy atom. The second kappa shape index (κ2) is 7.48. The molecule has 5 heteroatoms. The van der Waals surface area contributed by atoms with Crippen molar-refractivity contribution in [2.24, 2.45) is 0 Å². The van der Waals surface area contributed by atoms with Gasteiger partial charge in [0.2, 0.25) is 0 Å². The Kier molecular flexibility index (Phi) is 6.29. The fraction of sp³-hybridized carbons (Fsp3) is 0.385. The minimum atomic E-state index is -2.81. The number of hydrogen-bond donors (Lipinski definition) is 1. The Balaban J connectivity index is 2.72. The van der Waals surface area contributed by atoms with Crippen molar-refractivity contribution in [3.05, 3.63) is 40.9 Å². The molecule has 0 aliphatic carbocycles. The monoisotopic (exact) mass is 319 g/mol. The molecule has 1 aromatic rings. The molecule has 0 saturated heterocycles. The maximum Gasteiger partial charge on any atom is 0.387 e. The van der Waals surface area contributed by atoms with Crippen LogP contribution in [-0.2, 0) is 6.54 Å². The van der Waals surface area contributed by atoms with Gasteiger partial charge in [-0.3, -0.25) is 0 Å². The molecule has 2 nitrogen and oxygen atoms in total. The Hall–Kier alpha value is -0.940. The Labute approximate surface area is 114 Å². The minimum Gasteiger partial charge on any atom is -0.434 e. The van der Waals surface area contributed by atoms with E-state index in [2.05, 4.69) is 32.6 Å². The molecule has 100 valence electrons. The van der Waals surface area contributed by atoms with Gasteiger partial charge in [0.1, 0.15) is 5.75 Å². The second-order valence-corrected chi connectivity index (χ2v) is 4.85. The van der Waals surface area contributed by atoms with E-state index in [0.717, 1.165) is 10.9 Å². The fourth-order valence-corrected chi connectivity index (χ4v) is 1.92. The van der Waals surface area contributed by atoms with E-state index in [1.807, 2.05) is 13.0 Å². The third-order valence-electron chi connectivity index (χ3n) is 2.40. The van der Waals surface area contributed by atoms with Crippen molar-refractivity contribution in [1.29, 1.82) is 0 Å². The van der Waals surface area contributed by atoms with Gasteiger partial charge in [-0.2, -0.15) is 8.78 Å². The van der Waals surface area contributed by atoms with Crippen LogP contribution in [0.25, 0.3) is 0 Å². The molecule has 0 fully saturated rings. The first-order valence-electron chi connectivity index (χ1n) is 5.60. The van der Waals surface area contributed by atoms with Gasteiger partial charge < -0.3 is 10.1 Å². The number of rotatable bonds is 7. The molecule has 18 heavy (non-hydrogen) atoms. The molecule has 1 atom stereocenters. The molecule has 1 N–H and O–H groups in total. The molecule has 0 aliphatic rings. The zero-order chi connectivity index (χ0) is 13.5. The molecule has 0 heterocycles. The van der Waals surface area contributed by atoms with Crippen LogP contribution in [0.15, 0.2) is 35.3 Å². The van der Waals surface area contributed by atoms with Gasteiger partial charge in [-0.15, -0.1) is 6.58 Å². The standard InChI is InChI=1S/C13H16BrF2NO/c1-3-4-9(2)17-8-10-7-11(14)5-6-12(10)18-13(15)16/h3,5-7,9,13,17H,1,4,8H2,2H3. The quantitative estimate of drug-likeness (QED) is 0.764. The molecule has 0 amide bonds. The summed E-state index contributed by atoms with van der Waals surface area (Å²) < 4.78 is 29.8. The third-order valence-corrected chi connectivity index (χ3v) is 2.89. The molecular formula is C13H16BrF2NO. The molecular weight excluding hydrogens is 304 g/mol. The normalized spacial score (nSPS) is 12.5. The van der Waals surface area contributed by atoms with Gasteiger partial charge in [-0.05, 0) is 31.5 Å². The SMILES string of the molecule is C=CCC(C)NCc1cc(Br)ccc1OC(F)F. The molecule has 1 unspecified atom stereocenters. The summed E-state index contributed by atoms with van der Waals surface area (Å²) in [4.78, 5) is 0. The largest absolute Gasteiger partial charge is 0.434 e. The maximum absolute atomic E-state index is 12.3. The van der Waals surface area contributed by atoms with Crippen LogP contribution in [0.4, 0.5) is 8.78 Å². The van der Waals surface area contributed by atoms with E-state index in [-0.39, 0.29) is 11.8 Å². The number of nitrogens with one attached hydrogen (secondary N) is 1. The van der Waals surface area contributed by atoms with E-state index >= 15 is 0 Å². The van der Waals surface area contributed by atoms with Crippen LogP contribution < -0.4 is 10.1 Å². The van der Waals surface area contributed by atoms with Gasteiger partial charge in [-0.1, -0.05) is 22.0 Å². The first-order chi connectivity index (χ1) is 8.52. The third kappa shape index (κ3) is 5.14. The van der Waals surface area contributed by atoms with Crippen LogP contribution >= 0.6 is 15.9 Å². The summed E-state index contributed by atoms with van der Waals surface area (Å²) in [6.45, 7) is 3.32. The van der Waals surface area contributed by atoms with Crippen molar-refractivity contribution in [1.82, 2.24) is 5.32 Å². The summed E-state index contributed by atoms with van der Waals surface area (Å²) >= 11 is 3.31. The summed E-state index contributed by atoms with van der Waals surface area (Å²) in [6.07, 6.45) is 2.63. The number of hydrogen-bond acceptors (Lipinski definition) is 2. The highest BCUT2D eigenvalue weighted by Crippen LogP contribution is 2.24. The number of ether oxygens (including phenoxy) is 1. The van der Waals surface area contributed by atoms with Gasteiger partial charge in [0.25, 0.3) is 0 Å². The van der Waals surface area contributed by atoms with Gasteiger partial charge in [0.15, 0.2) is 0 Å². The highest BCUT2D eigenvalue weighted by molar-refractivity contribution is 9.10. The lowest BCUT2D eigenvalue weighted by Crippen LogP contribution is -2.25. The van der Waals surface area contributed by atoms with E-state index in [9.17, 15) is 8.78 Å². The fourth-order valence-electron chi connectivity index (χ4n) is 1.51. The number of benzene rings is 1. The highest BCUT2D eigenvalue weighted by Gasteiger charge is 2.10. The lowest BCUT2D eigenvalue weighted by Gasteiger charge is -2.15. The van der Waals surface area contributed by atoms with Gasteiger partial charge in [-0.25, -0.2) is 0 Å². The van der Waals surface area contributed by atoms with Crippen molar-refractivity contribution in [2.45, 2.75) is 32.5 Å². The Bertz CT molecular complexity index is 399. The van der Waals surface area contributed by atoms with Crippen molar-refractivity contribution in [2.75, 3.05) is 0 Å². The van der Waals surface area contributed by atoms with Crippen LogP contribution in [0.1, 0.15) is 18.9 Å². The second-order valence-electron chi connectivity index (χ2n) is 3.94. The van der Waals surface area contributed by atoms with Crippen molar-refractivity contribution in [3.63, 3.8) is 0 Å². The minimum absolute atomic E-state index is 0.200. The molecule has 0 aliphatic heterocycles. The van der Waals surface area contributed by atoms with E-state index < -0.39 is 6.61 Å². The van der Waals surface area contributed by atoms with Crippen LogP contribution in [0.2, 0.25) is 0 Å². The molecule has 0 aromatic heterocycles. The summed E-state index contributed by atoms with van der Waals surface area (Å²) in [7, 11) is 0. The molecule has 0 bridgehead atoms. The summed E-state index contributed by atoms with van der Waals surface area (Å²) in [5, 5.41) is 3.22. The van der Waals surface area contributed by atoms with E-state index in [1.165, 1.54) is 6.07 Å². The average Bonchev–Trinajstić information content (AvgIpc) is 2.29. The van der Waals surface area contributed by atoms with E-state index in [1.54, 1.807) is 12.1 Å². The smallest absolute Gasteiger partial charge is 0.387 e. The van der Waals surface area contributed by atoms with Gasteiger partial charge in [0.05, 0.1) is 0 Å². The maximum atomic E-state index is 12.3. The topological polar surface area (TPSA) is 21.3 Å². The number of halogens is 3. The zero-order valence-corrected chi connectivity index (χ0v) is 11.7. The van der Waals surface area contributed by atoms with Gasteiger partial charge in [0, 0.05) is 22.6 Å². The van der Waals surface area contributed by atoms with E-state index in [0.29, 0.717) is 12.1 Å². The van der Waals surface area contributed by atoms with Crippen molar-refractivity contribution >= 4 is 15.9 Å². The molecule has 1 aromatic carbocycles. The average molecular weight is 320 g/mol. The summed E-state index contributed by atoms with van der Waals surface area (Å²) in [5.74, 6) is 0.200. The van der Waals surface area contributed by atoms with Crippen molar-refractivity contribution in [3.8, 4) is 5.75 Å². The summed E-state index contributed by atoms with van der Waals surface area (Å²) in [5.41, 5.74) is 0.695. The number of alkyl halides is 2. The molecule has 0 saturated carbocycles. The van der Waals surface area contributed by atoms with Crippen LogP contribution in [0.3, 0.4) is 0 Å². The van der Waals surface area contributed by atoms with Gasteiger partial charge >= 0.3 is 6.61 Å². The predicted molar refractivity (Wildman–Crippen MR) is 71.9 cm³/mol. The first kappa shape index (κ1) is 15.1. The van der Waals surface area contributed by atoms with Crippen LogP contribution in [0.5, 0.6) is 5.75 Å². The highest BCUT2D eigenvalue weighted by atomic mass is 79.9. The van der Waals surface area contributed by atoms with Crippen molar-refractivity contribution < 1.29 is 13.5 Å². The Morgan fingerprint density at radius 2 is 2.22 bits per heavy atom. The molecule has 0 spiro atoms. The van der Waals surface area contributed by atoms with Crippen LogP contribution in [0, 0.1) is 0 Å². The van der Waals surface area contributed by atoms with Crippen LogP contribution in [-0.4, -0.2) is 12.7 Å². The first-order valence-corrected chi connectivity index (χ1v) is 6.39. The lowest BCUT2D eigenvalue weighted by molar-refractivity contribution is -0.0505. The molecule has 1 rings (SSSR count). The lowest BCUT2D eigenvalue weighted by atomic mass is 10.1. The predicted octanol–water partition coefficient (Wildman–Crippen LogP) is 4.10. The Morgan fingerprint density at radius 1 is 1.50 bits per heavy atom. The molecule has 0 radical (unpaired) electrons. The summed E-state index contributed by atoms with van der Waals surface area (Å²) in [6, 6.07) is 5.21.